The maximum absolute atomic E-state index is 13.0. The molecule has 0 aliphatic rings. The molecule has 0 atom stereocenters. The van der Waals surface area contributed by atoms with Gasteiger partial charge in [-0.2, -0.15) is 5.26 Å². The number of carbonyl (C=O) groups excluding carboxylic acids is 1. The van der Waals surface area contributed by atoms with Gasteiger partial charge in [0.15, 0.2) is 0 Å². The van der Waals surface area contributed by atoms with E-state index in [-0.39, 0.29) is 5.91 Å². The summed E-state index contributed by atoms with van der Waals surface area (Å²) in [7, 11) is 0. The number of nitrogens with zero attached hydrogens (tertiary/aromatic N) is 2. The summed E-state index contributed by atoms with van der Waals surface area (Å²) in [6, 6.07) is 17.4. The smallest absolute Gasteiger partial charge is 0.254 e. The number of benzene rings is 2. The number of hydrogen-bond donors (Lipinski definition) is 0. The van der Waals surface area contributed by atoms with E-state index < -0.39 is 0 Å². The van der Waals surface area contributed by atoms with Crippen LogP contribution >= 0.6 is 15.9 Å². The maximum Gasteiger partial charge on any atom is 0.254 e. The molecule has 0 saturated heterocycles. The highest BCUT2D eigenvalue weighted by Crippen LogP contribution is 2.27. The van der Waals surface area contributed by atoms with Crippen LogP contribution in [0.1, 0.15) is 54.9 Å². The van der Waals surface area contributed by atoms with Gasteiger partial charge in [0.05, 0.1) is 23.6 Å². The molecule has 2 rings (SSSR count). The highest BCUT2D eigenvalue weighted by atomic mass is 79.9. The van der Waals surface area contributed by atoms with E-state index >= 15 is 0 Å². The topological polar surface area (TPSA) is 53.3 Å². The molecule has 0 unspecified atom stereocenters. The van der Waals surface area contributed by atoms with Crippen molar-refractivity contribution < 1.29 is 9.53 Å². The molecule has 0 fully saturated rings. The second kappa shape index (κ2) is 12.2. The average Bonchev–Trinajstić information content (AvgIpc) is 2.72. The van der Waals surface area contributed by atoms with E-state index in [1.807, 2.05) is 36.4 Å². The molecular weight excluding hydrogens is 416 g/mol. The highest BCUT2D eigenvalue weighted by Gasteiger charge is 2.17. The summed E-state index contributed by atoms with van der Waals surface area (Å²) in [6.45, 7) is 3.74. The molecule has 4 nitrogen and oxygen atoms in total. The maximum atomic E-state index is 13.0. The third kappa shape index (κ3) is 7.01. The second-order valence-electron chi connectivity index (χ2n) is 6.67. The van der Waals surface area contributed by atoms with E-state index in [9.17, 15) is 4.79 Å². The summed E-state index contributed by atoms with van der Waals surface area (Å²) in [4.78, 5) is 14.7. The lowest BCUT2D eigenvalue weighted by Gasteiger charge is -2.22. The molecular formula is C23H27BrN2O2. The van der Waals surface area contributed by atoms with Gasteiger partial charge in [-0.1, -0.05) is 56.5 Å². The Balaban J connectivity index is 2.04. The highest BCUT2D eigenvalue weighted by molar-refractivity contribution is 9.10. The summed E-state index contributed by atoms with van der Waals surface area (Å²) >= 11 is 3.52. The van der Waals surface area contributed by atoms with Crippen molar-refractivity contribution in [2.45, 2.75) is 45.6 Å². The van der Waals surface area contributed by atoms with Crippen LogP contribution in [0.3, 0.4) is 0 Å². The third-order valence-corrected chi connectivity index (χ3v) is 5.05. The minimum atomic E-state index is -0.0886. The van der Waals surface area contributed by atoms with Crippen molar-refractivity contribution in [3.05, 3.63) is 64.1 Å². The Kier molecular flexibility index (Phi) is 9.57. The van der Waals surface area contributed by atoms with Crippen LogP contribution < -0.4 is 4.74 Å². The largest absolute Gasteiger partial charge is 0.492 e. The van der Waals surface area contributed by atoms with E-state index in [0.717, 1.165) is 28.6 Å². The van der Waals surface area contributed by atoms with Gasteiger partial charge in [0.25, 0.3) is 5.91 Å². The molecule has 2 aromatic rings. The van der Waals surface area contributed by atoms with Gasteiger partial charge in [-0.15, -0.1) is 0 Å². The van der Waals surface area contributed by atoms with E-state index in [1.165, 1.54) is 12.8 Å². The van der Waals surface area contributed by atoms with Gasteiger partial charge >= 0.3 is 0 Å². The Morgan fingerprint density at radius 2 is 1.93 bits per heavy atom. The van der Waals surface area contributed by atoms with Gasteiger partial charge in [-0.05, 0) is 46.1 Å². The van der Waals surface area contributed by atoms with Crippen LogP contribution in [0.5, 0.6) is 5.75 Å². The Bertz CT molecular complexity index is 787. The van der Waals surface area contributed by atoms with Crippen LogP contribution in [-0.2, 0) is 6.54 Å². The molecule has 0 bridgehead atoms. The van der Waals surface area contributed by atoms with Crippen molar-refractivity contribution in [2.24, 2.45) is 0 Å². The first-order valence-electron chi connectivity index (χ1n) is 9.78. The molecule has 0 saturated carbocycles. The standard InChI is InChI=1S/C23H27BrN2O2/c1-2-3-4-8-16-28-22-13-12-20(17-21(22)24)23(27)26(15-9-14-25)18-19-10-6-5-7-11-19/h5-7,10-13,17H,2-4,8-9,15-16,18H2,1H3. The molecule has 0 N–H and O–H groups in total. The first-order chi connectivity index (χ1) is 13.7. The first-order valence-corrected chi connectivity index (χ1v) is 10.6. The molecule has 2 aromatic carbocycles. The normalized spacial score (nSPS) is 10.3. The number of unbranched alkanes of at least 4 members (excludes halogenated alkanes) is 3. The number of amides is 1. The van der Waals surface area contributed by atoms with Gasteiger partial charge in [-0.3, -0.25) is 4.79 Å². The fourth-order valence-corrected chi connectivity index (χ4v) is 3.38. The predicted molar refractivity (Wildman–Crippen MR) is 115 cm³/mol. The minimum absolute atomic E-state index is 0.0886. The van der Waals surface area contributed by atoms with Gasteiger partial charge in [-0.25, -0.2) is 0 Å². The van der Waals surface area contributed by atoms with Crippen LogP contribution in [0.4, 0.5) is 0 Å². The predicted octanol–water partition coefficient (Wildman–Crippen LogP) is 5.96. The Hall–Kier alpha value is -2.32. The van der Waals surface area contributed by atoms with Gasteiger partial charge in [0, 0.05) is 18.7 Å². The SMILES string of the molecule is CCCCCCOc1ccc(C(=O)N(CCC#N)Cc2ccccc2)cc1Br. The van der Waals surface area contributed by atoms with Crippen molar-refractivity contribution in [2.75, 3.05) is 13.2 Å². The lowest BCUT2D eigenvalue weighted by Crippen LogP contribution is -2.31. The van der Waals surface area contributed by atoms with E-state index in [1.54, 1.807) is 17.0 Å². The molecule has 148 valence electrons. The molecule has 0 aromatic heterocycles. The molecule has 0 radical (unpaired) electrons. The summed E-state index contributed by atoms with van der Waals surface area (Å²) in [6.07, 6.45) is 4.92. The summed E-state index contributed by atoms with van der Waals surface area (Å²) in [5, 5.41) is 8.94. The van der Waals surface area contributed by atoms with Crippen LogP contribution in [0.15, 0.2) is 53.0 Å². The fraction of sp³-hybridized carbons (Fsp3) is 0.391. The van der Waals surface area contributed by atoms with Gasteiger partial charge in [0.2, 0.25) is 0 Å². The quantitative estimate of drug-likeness (QED) is 0.403. The number of ether oxygens (including phenoxy) is 1. The van der Waals surface area contributed by atoms with E-state index in [0.29, 0.717) is 31.7 Å². The number of halogens is 1. The Morgan fingerprint density at radius 3 is 2.61 bits per heavy atom. The van der Waals surface area contributed by atoms with Crippen LogP contribution in [0, 0.1) is 11.3 Å². The van der Waals surface area contributed by atoms with Crippen molar-refractivity contribution >= 4 is 21.8 Å². The van der Waals surface area contributed by atoms with Crippen LogP contribution in [0.2, 0.25) is 0 Å². The van der Waals surface area contributed by atoms with E-state index in [2.05, 4.69) is 28.9 Å². The lowest BCUT2D eigenvalue weighted by atomic mass is 10.1. The second-order valence-corrected chi connectivity index (χ2v) is 7.53. The molecule has 0 heterocycles. The fourth-order valence-electron chi connectivity index (χ4n) is 2.89. The lowest BCUT2D eigenvalue weighted by molar-refractivity contribution is 0.0746. The summed E-state index contributed by atoms with van der Waals surface area (Å²) in [5.74, 6) is 0.661. The number of rotatable bonds is 11. The molecule has 28 heavy (non-hydrogen) atoms. The zero-order chi connectivity index (χ0) is 20.2. The Labute approximate surface area is 176 Å². The zero-order valence-electron chi connectivity index (χ0n) is 16.4. The monoisotopic (exact) mass is 442 g/mol. The van der Waals surface area contributed by atoms with Crippen molar-refractivity contribution in [1.29, 1.82) is 5.26 Å². The molecule has 1 amide bonds. The summed E-state index contributed by atoms with van der Waals surface area (Å²) in [5.41, 5.74) is 1.62. The number of carbonyl (C=O) groups is 1. The van der Waals surface area contributed by atoms with Crippen LogP contribution in [-0.4, -0.2) is 24.0 Å². The van der Waals surface area contributed by atoms with E-state index in [4.69, 9.17) is 10.00 Å². The van der Waals surface area contributed by atoms with Crippen LogP contribution in [0.25, 0.3) is 0 Å². The molecule has 5 heteroatoms. The third-order valence-electron chi connectivity index (χ3n) is 4.43. The zero-order valence-corrected chi connectivity index (χ0v) is 18.0. The van der Waals surface area contributed by atoms with Crippen molar-refractivity contribution in [3.63, 3.8) is 0 Å². The molecule has 0 aliphatic heterocycles. The number of hydrogen-bond acceptors (Lipinski definition) is 3. The average molecular weight is 443 g/mol. The van der Waals surface area contributed by atoms with Crippen molar-refractivity contribution in [3.8, 4) is 11.8 Å². The number of nitriles is 1. The Morgan fingerprint density at radius 1 is 1.14 bits per heavy atom. The van der Waals surface area contributed by atoms with Gasteiger partial charge < -0.3 is 9.64 Å². The summed E-state index contributed by atoms with van der Waals surface area (Å²) < 4.78 is 6.60. The first kappa shape index (κ1) is 22.0. The molecule has 0 spiro atoms. The minimum Gasteiger partial charge on any atom is -0.492 e. The molecule has 0 aliphatic carbocycles. The van der Waals surface area contributed by atoms with Gasteiger partial charge in [0.1, 0.15) is 5.75 Å². The van der Waals surface area contributed by atoms with Crippen molar-refractivity contribution in [1.82, 2.24) is 4.90 Å².